The molecule has 1 aromatic rings. The first kappa shape index (κ1) is 13.9. The molecule has 2 heteroatoms. The topological polar surface area (TPSA) is 12.0 Å². The van der Waals surface area contributed by atoms with Crippen molar-refractivity contribution in [2.24, 2.45) is 11.8 Å². The summed E-state index contributed by atoms with van der Waals surface area (Å²) in [6.45, 7) is 7.86. The molecule has 1 saturated carbocycles. The summed E-state index contributed by atoms with van der Waals surface area (Å²) < 4.78 is 0. The molecule has 0 aliphatic heterocycles. The quantitative estimate of drug-likeness (QED) is 0.845. The maximum Gasteiger partial charge on any atom is 0.0408 e. The molecule has 0 bridgehead atoms. The van der Waals surface area contributed by atoms with Crippen LogP contribution in [0.25, 0.3) is 0 Å². The number of hydrogen-bond acceptors (Lipinski definition) is 1. The van der Waals surface area contributed by atoms with E-state index in [2.05, 4.69) is 32.2 Å². The zero-order valence-electron chi connectivity index (χ0n) is 11.7. The molecule has 0 heterocycles. The van der Waals surface area contributed by atoms with Crippen LogP contribution in [0.2, 0.25) is 5.02 Å². The van der Waals surface area contributed by atoms with Crippen LogP contribution in [-0.4, -0.2) is 6.04 Å². The van der Waals surface area contributed by atoms with E-state index in [4.69, 9.17) is 11.6 Å². The molecule has 1 aliphatic rings. The summed E-state index contributed by atoms with van der Waals surface area (Å²) in [7, 11) is 0. The molecular weight excluding hydrogens is 242 g/mol. The van der Waals surface area contributed by atoms with Crippen LogP contribution in [0.5, 0.6) is 0 Å². The van der Waals surface area contributed by atoms with Crippen molar-refractivity contribution in [1.82, 2.24) is 5.32 Å². The monoisotopic (exact) mass is 265 g/mol. The van der Waals surface area contributed by atoms with Crippen LogP contribution < -0.4 is 5.32 Å². The Hall–Kier alpha value is -0.530. The van der Waals surface area contributed by atoms with Gasteiger partial charge in [0, 0.05) is 17.6 Å². The molecule has 1 aromatic carbocycles. The number of hydrogen-bond donors (Lipinski definition) is 1. The van der Waals surface area contributed by atoms with Crippen molar-refractivity contribution in [3.63, 3.8) is 0 Å². The molecule has 1 N–H and O–H groups in total. The lowest BCUT2D eigenvalue weighted by Gasteiger charge is -2.35. The van der Waals surface area contributed by atoms with Gasteiger partial charge in [0.15, 0.2) is 0 Å². The Balaban J connectivity index is 1.94. The number of benzene rings is 1. The first-order chi connectivity index (χ1) is 8.58. The summed E-state index contributed by atoms with van der Waals surface area (Å²) >= 11 is 5.99. The third kappa shape index (κ3) is 3.27. The largest absolute Gasteiger partial charge is 0.310 e. The summed E-state index contributed by atoms with van der Waals surface area (Å²) in [5.74, 6) is 1.63. The summed E-state index contributed by atoms with van der Waals surface area (Å²) in [5.41, 5.74) is 2.65. The van der Waals surface area contributed by atoms with Crippen molar-refractivity contribution in [3.05, 3.63) is 34.3 Å². The molecular formula is C16H24ClN. The van der Waals surface area contributed by atoms with Gasteiger partial charge < -0.3 is 5.32 Å². The Kier molecular flexibility index (Phi) is 4.69. The maximum absolute atomic E-state index is 5.99. The Labute approximate surface area is 116 Å². The van der Waals surface area contributed by atoms with Crippen molar-refractivity contribution in [2.45, 2.75) is 52.6 Å². The fourth-order valence-electron chi connectivity index (χ4n) is 2.97. The molecule has 0 amide bonds. The highest BCUT2D eigenvalue weighted by Gasteiger charge is 2.26. The molecule has 0 saturated heterocycles. The summed E-state index contributed by atoms with van der Waals surface area (Å²) in [5, 5.41) is 4.56. The van der Waals surface area contributed by atoms with E-state index in [1.54, 1.807) is 0 Å². The fourth-order valence-corrected chi connectivity index (χ4v) is 3.20. The second kappa shape index (κ2) is 6.08. The van der Waals surface area contributed by atoms with Gasteiger partial charge >= 0.3 is 0 Å². The predicted molar refractivity (Wildman–Crippen MR) is 79.0 cm³/mol. The molecule has 0 spiro atoms. The lowest BCUT2D eigenvalue weighted by Crippen LogP contribution is -2.40. The van der Waals surface area contributed by atoms with Gasteiger partial charge in [0.05, 0.1) is 0 Å². The molecule has 100 valence electrons. The highest BCUT2D eigenvalue weighted by molar-refractivity contribution is 6.30. The minimum absolute atomic E-state index is 0.670. The number of rotatable bonds is 3. The first-order valence-corrected chi connectivity index (χ1v) is 7.44. The second-order valence-corrected chi connectivity index (χ2v) is 6.26. The first-order valence-electron chi connectivity index (χ1n) is 7.06. The van der Waals surface area contributed by atoms with E-state index in [1.807, 2.05) is 12.1 Å². The fraction of sp³-hybridized carbons (Fsp3) is 0.625. The second-order valence-electron chi connectivity index (χ2n) is 5.83. The molecule has 2 rings (SSSR count). The Bertz CT molecular complexity index is 402. The van der Waals surface area contributed by atoms with Gasteiger partial charge in [-0.3, -0.25) is 0 Å². The van der Waals surface area contributed by atoms with E-state index in [-0.39, 0.29) is 0 Å². The van der Waals surface area contributed by atoms with Crippen molar-refractivity contribution in [2.75, 3.05) is 0 Å². The number of aryl methyl sites for hydroxylation is 1. The summed E-state index contributed by atoms with van der Waals surface area (Å²) in [4.78, 5) is 0. The van der Waals surface area contributed by atoms with Crippen molar-refractivity contribution in [1.29, 1.82) is 0 Å². The van der Waals surface area contributed by atoms with Gasteiger partial charge in [-0.25, -0.2) is 0 Å². The molecule has 0 radical (unpaired) electrons. The minimum Gasteiger partial charge on any atom is -0.310 e. The molecule has 3 atom stereocenters. The third-order valence-corrected chi connectivity index (χ3v) is 4.80. The maximum atomic E-state index is 5.99. The van der Waals surface area contributed by atoms with Gasteiger partial charge in [0.25, 0.3) is 0 Å². The van der Waals surface area contributed by atoms with Gasteiger partial charge in [-0.2, -0.15) is 0 Å². The van der Waals surface area contributed by atoms with E-state index < -0.39 is 0 Å². The highest BCUT2D eigenvalue weighted by atomic mass is 35.5. The average molecular weight is 266 g/mol. The van der Waals surface area contributed by atoms with Gasteiger partial charge in [0.2, 0.25) is 0 Å². The lowest BCUT2D eigenvalue weighted by molar-refractivity contribution is 0.206. The lowest BCUT2D eigenvalue weighted by atomic mass is 9.78. The van der Waals surface area contributed by atoms with Crippen molar-refractivity contribution in [3.8, 4) is 0 Å². The molecule has 3 unspecified atom stereocenters. The Morgan fingerprint density at radius 3 is 2.78 bits per heavy atom. The standard InChI is InChI=1S/C16H24ClN/c1-11-5-4-6-16(13(11)3)18-10-14-7-8-15(17)9-12(14)2/h7-9,11,13,16,18H,4-6,10H2,1-3H3. The van der Waals surface area contributed by atoms with Crippen LogP contribution >= 0.6 is 11.6 Å². The molecule has 1 fully saturated rings. The Morgan fingerprint density at radius 2 is 2.06 bits per heavy atom. The van der Waals surface area contributed by atoms with E-state index in [0.29, 0.717) is 6.04 Å². The third-order valence-electron chi connectivity index (χ3n) is 4.57. The van der Waals surface area contributed by atoms with Crippen LogP contribution in [-0.2, 0) is 6.54 Å². The molecule has 1 aliphatic carbocycles. The predicted octanol–water partition coefficient (Wildman–Crippen LogP) is 4.56. The number of halogens is 1. The van der Waals surface area contributed by atoms with Gasteiger partial charge in [-0.1, -0.05) is 44.4 Å². The summed E-state index contributed by atoms with van der Waals surface area (Å²) in [6.07, 6.45) is 4.07. The van der Waals surface area contributed by atoms with Gasteiger partial charge in [-0.05, 0) is 48.4 Å². The SMILES string of the molecule is Cc1cc(Cl)ccc1CNC1CCCC(C)C1C. The number of nitrogens with one attached hydrogen (secondary N) is 1. The summed E-state index contributed by atoms with van der Waals surface area (Å²) in [6, 6.07) is 6.84. The van der Waals surface area contributed by atoms with Crippen LogP contribution in [0.1, 0.15) is 44.2 Å². The van der Waals surface area contributed by atoms with Crippen LogP contribution in [0.4, 0.5) is 0 Å². The smallest absolute Gasteiger partial charge is 0.0408 e. The van der Waals surface area contributed by atoms with Crippen LogP contribution in [0.15, 0.2) is 18.2 Å². The highest BCUT2D eigenvalue weighted by Crippen LogP contribution is 2.29. The van der Waals surface area contributed by atoms with E-state index in [0.717, 1.165) is 23.4 Å². The van der Waals surface area contributed by atoms with E-state index in [1.165, 1.54) is 30.4 Å². The minimum atomic E-state index is 0.670. The molecule has 18 heavy (non-hydrogen) atoms. The normalized spacial score (nSPS) is 28.3. The zero-order valence-corrected chi connectivity index (χ0v) is 12.4. The zero-order chi connectivity index (χ0) is 13.1. The van der Waals surface area contributed by atoms with Crippen LogP contribution in [0, 0.1) is 18.8 Å². The van der Waals surface area contributed by atoms with Crippen molar-refractivity contribution < 1.29 is 0 Å². The molecule has 0 aromatic heterocycles. The van der Waals surface area contributed by atoms with Crippen molar-refractivity contribution >= 4 is 11.6 Å². The van der Waals surface area contributed by atoms with Crippen LogP contribution in [0.3, 0.4) is 0 Å². The Morgan fingerprint density at radius 1 is 1.28 bits per heavy atom. The molecule has 1 nitrogen and oxygen atoms in total. The van der Waals surface area contributed by atoms with Gasteiger partial charge in [-0.15, -0.1) is 0 Å². The van der Waals surface area contributed by atoms with Gasteiger partial charge in [0.1, 0.15) is 0 Å². The van der Waals surface area contributed by atoms with E-state index in [9.17, 15) is 0 Å². The average Bonchev–Trinajstić information content (AvgIpc) is 2.33. The van der Waals surface area contributed by atoms with E-state index >= 15 is 0 Å².